The Morgan fingerprint density at radius 3 is 2.72 bits per heavy atom. The number of amides is 1. The van der Waals surface area contributed by atoms with Crippen LogP contribution in [0.1, 0.15) is 15.9 Å². The molecule has 0 spiro atoms. The van der Waals surface area contributed by atoms with E-state index in [-0.39, 0.29) is 11.7 Å². The standard InChI is InChI=1S/C19H19N5O4S/c1-28-24-15-8-13(17-21-19(23-22-17)29-11-16(25)26)7-14(9-15)18(27)20-10-12-5-3-2-4-6-12/h2-9,24H,10-11H2,1H3,(H,20,27)(H,25,26)(H,21,22,23). The van der Waals surface area contributed by atoms with E-state index in [1.54, 1.807) is 18.2 Å². The number of H-pyrrole nitrogens is 1. The molecule has 0 fully saturated rings. The second-order valence-electron chi connectivity index (χ2n) is 5.92. The molecule has 3 rings (SSSR count). The third-order valence-electron chi connectivity index (χ3n) is 3.77. The summed E-state index contributed by atoms with van der Waals surface area (Å²) in [6.07, 6.45) is 0. The Morgan fingerprint density at radius 1 is 1.21 bits per heavy atom. The average molecular weight is 413 g/mol. The van der Waals surface area contributed by atoms with E-state index in [0.29, 0.717) is 34.3 Å². The molecule has 9 nitrogen and oxygen atoms in total. The first kappa shape index (κ1) is 20.4. The predicted molar refractivity (Wildman–Crippen MR) is 108 cm³/mol. The van der Waals surface area contributed by atoms with Crippen LogP contribution in [0.4, 0.5) is 5.69 Å². The first-order valence-electron chi connectivity index (χ1n) is 8.58. The fourth-order valence-electron chi connectivity index (χ4n) is 2.52. The largest absolute Gasteiger partial charge is 0.481 e. The molecule has 1 aromatic heterocycles. The molecule has 29 heavy (non-hydrogen) atoms. The maximum atomic E-state index is 12.6. The summed E-state index contributed by atoms with van der Waals surface area (Å²) >= 11 is 1.00. The number of nitrogens with one attached hydrogen (secondary N) is 3. The van der Waals surface area contributed by atoms with Crippen LogP contribution in [0, 0.1) is 0 Å². The number of hydrogen-bond donors (Lipinski definition) is 4. The smallest absolute Gasteiger partial charge is 0.313 e. The third kappa shape index (κ3) is 5.80. The molecule has 3 aromatic rings. The van der Waals surface area contributed by atoms with E-state index in [1.165, 1.54) is 7.11 Å². The first-order valence-corrected chi connectivity index (χ1v) is 9.57. The number of thioether (sulfide) groups is 1. The Balaban J connectivity index is 1.80. The van der Waals surface area contributed by atoms with Gasteiger partial charge < -0.3 is 10.4 Å². The molecule has 0 unspecified atom stereocenters. The molecule has 0 aliphatic carbocycles. The number of carbonyl (C=O) groups excluding carboxylic acids is 1. The molecule has 4 N–H and O–H groups in total. The van der Waals surface area contributed by atoms with E-state index in [4.69, 9.17) is 9.94 Å². The van der Waals surface area contributed by atoms with Crippen molar-refractivity contribution in [3.05, 3.63) is 59.7 Å². The Bertz CT molecular complexity index is 993. The maximum absolute atomic E-state index is 12.6. The number of aliphatic carboxylic acids is 1. The van der Waals surface area contributed by atoms with E-state index in [0.717, 1.165) is 17.3 Å². The van der Waals surface area contributed by atoms with Crippen LogP contribution in [0.2, 0.25) is 0 Å². The highest BCUT2D eigenvalue weighted by Crippen LogP contribution is 2.24. The lowest BCUT2D eigenvalue weighted by Crippen LogP contribution is -2.23. The zero-order chi connectivity index (χ0) is 20.6. The van der Waals surface area contributed by atoms with Gasteiger partial charge in [-0.3, -0.25) is 25.0 Å². The van der Waals surface area contributed by atoms with Gasteiger partial charge in [-0.25, -0.2) is 4.98 Å². The van der Waals surface area contributed by atoms with Crippen LogP contribution in [0.25, 0.3) is 11.4 Å². The van der Waals surface area contributed by atoms with Crippen LogP contribution in [0.3, 0.4) is 0 Å². The molecular formula is C19H19N5O4S. The van der Waals surface area contributed by atoms with Crippen LogP contribution in [0.15, 0.2) is 53.7 Å². The monoisotopic (exact) mass is 413 g/mol. The number of rotatable bonds is 9. The highest BCUT2D eigenvalue weighted by Gasteiger charge is 2.13. The molecule has 150 valence electrons. The van der Waals surface area contributed by atoms with E-state index in [1.807, 2.05) is 30.3 Å². The number of aromatic nitrogens is 3. The van der Waals surface area contributed by atoms with Crippen molar-refractivity contribution in [3.8, 4) is 11.4 Å². The van der Waals surface area contributed by atoms with Gasteiger partial charge in [0.15, 0.2) is 5.82 Å². The topological polar surface area (TPSA) is 129 Å². The SMILES string of the molecule is CONc1cc(C(=O)NCc2ccccc2)cc(-c2nc(SCC(=O)O)n[nH]2)c1. The zero-order valence-corrected chi connectivity index (χ0v) is 16.3. The van der Waals surface area contributed by atoms with Crippen molar-refractivity contribution in [1.82, 2.24) is 20.5 Å². The second-order valence-corrected chi connectivity index (χ2v) is 6.87. The van der Waals surface area contributed by atoms with Gasteiger partial charge in [0.1, 0.15) is 0 Å². The summed E-state index contributed by atoms with van der Waals surface area (Å²) in [5, 5.41) is 18.7. The molecular weight excluding hydrogens is 394 g/mol. The predicted octanol–water partition coefficient (Wildman–Crippen LogP) is 2.55. The lowest BCUT2D eigenvalue weighted by atomic mass is 10.1. The van der Waals surface area contributed by atoms with E-state index < -0.39 is 5.97 Å². The highest BCUT2D eigenvalue weighted by atomic mass is 32.2. The molecule has 0 bridgehead atoms. The number of nitrogens with zero attached hydrogens (tertiary/aromatic N) is 2. The molecule has 1 heterocycles. The second kappa shape index (κ2) is 9.71. The minimum Gasteiger partial charge on any atom is -0.481 e. The fourth-order valence-corrected chi connectivity index (χ4v) is 3.04. The number of aromatic amines is 1. The molecule has 0 radical (unpaired) electrons. The average Bonchev–Trinajstić information content (AvgIpc) is 3.20. The van der Waals surface area contributed by atoms with Gasteiger partial charge >= 0.3 is 5.97 Å². The normalized spacial score (nSPS) is 10.5. The van der Waals surface area contributed by atoms with Crippen molar-refractivity contribution in [2.45, 2.75) is 11.7 Å². The Kier molecular flexibility index (Phi) is 6.82. The number of anilines is 1. The van der Waals surface area contributed by atoms with Crippen molar-refractivity contribution in [1.29, 1.82) is 0 Å². The van der Waals surface area contributed by atoms with Crippen molar-refractivity contribution in [3.63, 3.8) is 0 Å². The Labute approximate surface area is 170 Å². The van der Waals surface area contributed by atoms with Crippen molar-refractivity contribution < 1.29 is 19.5 Å². The van der Waals surface area contributed by atoms with Gasteiger partial charge in [0.05, 0.1) is 18.6 Å². The van der Waals surface area contributed by atoms with Gasteiger partial charge in [0.25, 0.3) is 5.91 Å². The number of hydrogen-bond acceptors (Lipinski definition) is 7. The van der Waals surface area contributed by atoms with Crippen LogP contribution >= 0.6 is 11.8 Å². The maximum Gasteiger partial charge on any atom is 0.313 e. The lowest BCUT2D eigenvalue weighted by molar-refractivity contribution is -0.133. The van der Waals surface area contributed by atoms with Gasteiger partial charge in [-0.05, 0) is 23.8 Å². The molecule has 10 heteroatoms. The highest BCUT2D eigenvalue weighted by molar-refractivity contribution is 7.99. The molecule has 0 aliphatic rings. The fraction of sp³-hybridized carbons (Fsp3) is 0.158. The summed E-state index contributed by atoms with van der Waals surface area (Å²) in [4.78, 5) is 32.6. The van der Waals surface area contributed by atoms with Crippen LogP contribution < -0.4 is 10.8 Å². The van der Waals surface area contributed by atoms with Crippen molar-refractivity contribution in [2.24, 2.45) is 0 Å². The summed E-state index contributed by atoms with van der Waals surface area (Å²) < 4.78 is 0. The molecule has 0 aliphatic heterocycles. The molecule has 0 saturated heterocycles. The molecule has 0 saturated carbocycles. The number of carboxylic acid groups (broad SMARTS) is 1. The van der Waals surface area contributed by atoms with Gasteiger partial charge in [-0.15, -0.1) is 5.10 Å². The quantitative estimate of drug-likeness (QED) is 0.311. The van der Waals surface area contributed by atoms with E-state index in [9.17, 15) is 9.59 Å². The van der Waals surface area contributed by atoms with Gasteiger partial charge in [-0.1, -0.05) is 42.1 Å². The van der Waals surface area contributed by atoms with Crippen LogP contribution in [0.5, 0.6) is 0 Å². The number of carbonyl (C=O) groups is 2. The van der Waals surface area contributed by atoms with Crippen molar-refractivity contribution >= 4 is 29.3 Å². The van der Waals surface area contributed by atoms with Crippen LogP contribution in [-0.2, 0) is 16.2 Å². The summed E-state index contributed by atoms with van der Waals surface area (Å²) in [5.74, 6) is -0.940. The molecule has 2 aromatic carbocycles. The third-order valence-corrected chi connectivity index (χ3v) is 4.61. The summed E-state index contributed by atoms with van der Waals surface area (Å²) in [6, 6.07) is 14.7. The Morgan fingerprint density at radius 2 is 2.00 bits per heavy atom. The summed E-state index contributed by atoms with van der Waals surface area (Å²) in [6.45, 7) is 0.398. The summed E-state index contributed by atoms with van der Waals surface area (Å²) in [5.41, 5.74) is 5.27. The number of carboxylic acids is 1. The van der Waals surface area contributed by atoms with Crippen LogP contribution in [-0.4, -0.2) is 45.0 Å². The molecule has 0 atom stereocenters. The Hall–Kier alpha value is -3.37. The zero-order valence-electron chi connectivity index (χ0n) is 15.5. The van der Waals surface area contributed by atoms with Crippen molar-refractivity contribution in [2.75, 3.05) is 18.3 Å². The summed E-state index contributed by atoms with van der Waals surface area (Å²) in [7, 11) is 1.47. The van der Waals surface area contributed by atoms with E-state index >= 15 is 0 Å². The molecule has 1 amide bonds. The van der Waals surface area contributed by atoms with E-state index in [2.05, 4.69) is 26.0 Å². The van der Waals surface area contributed by atoms with Gasteiger partial charge in [0.2, 0.25) is 5.16 Å². The minimum atomic E-state index is -0.954. The van der Waals surface area contributed by atoms with Gasteiger partial charge in [-0.2, -0.15) is 0 Å². The first-order chi connectivity index (χ1) is 14.0. The minimum absolute atomic E-state index is 0.143. The number of benzene rings is 2. The van der Waals surface area contributed by atoms with Gasteiger partial charge in [0, 0.05) is 17.7 Å². The lowest BCUT2D eigenvalue weighted by Gasteiger charge is -2.10.